The van der Waals surface area contributed by atoms with Crippen molar-refractivity contribution in [2.24, 2.45) is 0 Å². The number of nitrogens with one attached hydrogen (secondary N) is 1. The lowest BCUT2D eigenvalue weighted by atomic mass is 10.1. The van der Waals surface area contributed by atoms with Crippen LogP contribution in [0.15, 0.2) is 24.4 Å². The minimum atomic E-state index is -0.524. The number of carbonyl (C=O) groups is 2. The number of esters is 1. The lowest BCUT2D eigenvalue weighted by molar-refractivity contribution is 0.0601. The molecule has 0 aliphatic heterocycles. The summed E-state index contributed by atoms with van der Waals surface area (Å²) in [6.07, 6.45) is 1.66. The molecule has 7 heteroatoms. The lowest BCUT2D eigenvalue weighted by Gasteiger charge is -2.07. The van der Waals surface area contributed by atoms with Crippen molar-refractivity contribution in [3.8, 4) is 0 Å². The highest BCUT2D eigenvalue weighted by molar-refractivity contribution is 7.15. The lowest BCUT2D eigenvalue weighted by Crippen LogP contribution is -2.15. The van der Waals surface area contributed by atoms with Gasteiger partial charge in [0.15, 0.2) is 5.13 Å². The van der Waals surface area contributed by atoms with Gasteiger partial charge in [-0.25, -0.2) is 9.78 Å². The van der Waals surface area contributed by atoms with E-state index in [1.807, 2.05) is 6.92 Å². The topological polar surface area (TPSA) is 94.3 Å². The first-order chi connectivity index (χ1) is 9.51. The zero-order valence-corrected chi connectivity index (χ0v) is 11.8. The molecular weight excluding hydrogens is 278 g/mol. The summed E-state index contributed by atoms with van der Waals surface area (Å²) < 4.78 is 4.61. The van der Waals surface area contributed by atoms with Crippen LogP contribution in [0.2, 0.25) is 0 Å². The molecule has 0 saturated carbocycles. The van der Waals surface area contributed by atoms with Crippen molar-refractivity contribution in [1.82, 2.24) is 4.98 Å². The fourth-order valence-electron chi connectivity index (χ4n) is 1.57. The molecule has 0 radical (unpaired) electrons. The summed E-state index contributed by atoms with van der Waals surface area (Å²) in [4.78, 5) is 28.6. The summed E-state index contributed by atoms with van der Waals surface area (Å²) in [5, 5.41) is 3.12. The Labute approximate surface area is 119 Å². The van der Waals surface area contributed by atoms with E-state index in [1.54, 1.807) is 6.20 Å². The molecule has 0 fully saturated rings. The molecule has 0 aliphatic carbocycles. The van der Waals surface area contributed by atoms with Crippen molar-refractivity contribution in [2.75, 3.05) is 18.2 Å². The van der Waals surface area contributed by atoms with Crippen molar-refractivity contribution in [3.05, 3.63) is 40.4 Å². The van der Waals surface area contributed by atoms with Crippen LogP contribution in [-0.4, -0.2) is 24.0 Å². The molecule has 1 aromatic heterocycles. The van der Waals surface area contributed by atoms with E-state index in [0.29, 0.717) is 5.13 Å². The van der Waals surface area contributed by atoms with Gasteiger partial charge in [0.05, 0.1) is 18.2 Å². The van der Waals surface area contributed by atoms with Crippen molar-refractivity contribution in [2.45, 2.75) is 6.92 Å². The zero-order chi connectivity index (χ0) is 14.7. The van der Waals surface area contributed by atoms with E-state index >= 15 is 0 Å². The quantitative estimate of drug-likeness (QED) is 0.667. The van der Waals surface area contributed by atoms with Gasteiger partial charge in [-0.2, -0.15) is 0 Å². The van der Waals surface area contributed by atoms with Crippen LogP contribution in [0, 0.1) is 6.92 Å². The van der Waals surface area contributed by atoms with Gasteiger partial charge in [-0.3, -0.25) is 10.1 Å². The van der Waals surface area contributed by atoms with Gasteiger partial charge in [0.25, 0.3) is 5.91 Å². The largest absolute Gasteiger partial charge is 0.465 e. The van der Waals surface area contributed by atoms with Crippen LogP contribution in [0.4, 0.5) is 10.8 Å². The third-order valence-electron chi connectivity index (χ3n) is 2.56. The van der Waals surface area contributed by atoms with Crippen LogP contribution in [0.5, 0.6) is 0 Å². The molecular formula is C13H13N3O3S. The molecule has 104 valence electrons. The summed E-state index contributed by atoms with van der Waals surface area (Å²) in [7, 11) is 1.27. The van der Waals surface area contributed by atoms with E-state index in [0.717, 1.165) is 4.88 Å². The van der Waals surface area contributed by atoms with Gasteiger partial charge < -0.3 is 10.5 Å². The first-order valence-corrected chi connectivity index (χ1v) is 6.54. The average Bonchev–Trinajstić information content (AvgIpc) is 2.83. The molecule has 0 unspecified atom stereocenters. The number of nitrogens with zero attached hydrogens (tertiary/aromatic N) is 1. The molecule has 1 aromatic carbocycles. The number of nitrogen functional groups attached to an aromatic ring is 1. The Hall–Kier alpha value is -2.41. The minimum Gasteiger partial charge on any atom is -0.465 e. The maximum atomic E-state index is 12.1. The second-order valence-electron chi connectivity index (χ2n) is 4.02. The highest BCUT2D eigenvalue weighted by Gasteiger charge is 2.15. The number of anilines is 2. The minimum absolute atomic E-state index is 0.209. The third-order valence-corrected chi connectivity index (χ3v) is 3.39. The van der Waals surface area contributed by atoms with Crippen molar-refractivity contribution in [1.29, 1.82) is 0 Å². The summed E-state index contributed by atoms with van der Waals surface area (Å²) >= 11 is 1.36. The molecule has 0 saturated heterocycles. The molecule has 0 bridgehead atoms. The number of methoxy groups -OCH3 is 1. The molecule has 20 heavy (non-hydrogen) atoms. The van der Waals surface area contributed by atoms with E-state index < -0.39 is 11.9 Å². The second kappa shape index (κ2) is 5.70. The molecule has 2 rings (SSSR count). The highest BCUT2D eigenvalue weighted by atomic mass is 32.1. The Morgan fingerprint density at radius 1 is 1.40 bits per heavy atom. The number of hydrogen-bond donors (Lipinski definition) is 2. The number of carbonyl (C=O) groups excluding carboxylic acids is 2. The fraction of sp³-hybridized carbons (Fsp3) is 0.154. The number of aromatic nitrogens is 1. The third kappa shape index (κ3) is 2.94. The van der Waals surface area contributed by atoms with E-state index in [1.165, 1.54) is 36.6 Å². The van der Waals surface area contributed by atoms with E-state index in [9.17, 15) is 9.59 Å². The normalized spacial score (nSPS) is 10.1. The molecule has 2 aromatic rings. The number of ether oxygens (including phenoxy) is 1. The highest BCUT2D eigenvalue weighted by Crippen LogP contribution is 2.20. The van der Waals surface area contributed by atoms with Crippen LogP contribution in [0.3, 0.4) is 0 Å². The van der Waals surface area contributed by atoms with Crippen molar-refractivity contribution in [3.63, 3.8) is 0 Å². The Kier molecular flexibility index (Phi) is 3.99. The average molecular weight is 291 g/mol. The van der Waals surface area contributed by atoms with E-state index in [-0.39, 0.29) is 16.8 Å². The molecule has 1 amide bonds. The molecule has 3 N–H and O–H groups in total. The van der Waals surface area contributed by atoms with Crippen molar-refractivity contribution < 1.29 is 14.3 Å². The monoisotopic (exact) mass is 291 g/mol. The van der Waals surface area contributed by atoms with E-state index in [2.05, 4.69) is 15.0 Å². The maximum Gasteiger partial charge on any atom is 0.337 e. The van der Waals surface area contributed by atoms with Crippen LogP contribution >= 0.6 is 11.3 Å². The standard InChI is InChI=1S/C13H13N3O3S/c1-7-6-15-13(20-7)16-11(17)9-5-8(12(18)19-2)3-4-10(9)14/h3-6H,14H2,1-2H3,(H,15,16,17). The number of benzene rings is 1. The summed E-state index contributed by atoms with van der Waals surface area (Å²) in [5.41, 5.74) is 6.52. The number of hydrogen-bond acceptors (Lipinski definition) is 6. The second-order valence-corrected chi connectivity index (χ2v) is 5.26. The Balaban J connectivity index is 2.26. The Bertz CT molecular complexity index is 667. The number of thiazole rings is 1. The predicted octanol–water partition coefficient (Wildman–Crippen LogP) is 2.07. The molecule has 0 aliphatic rings. The zero-order valence-electron chi connectivity index (χ0n) is 11.0. The van der Waals surface area contributed by atoms with Gasteiger partial charge in [0.1, 0.15) is 0 Å². The molecule has 0 atom stereocenters. The summed E-state index contributed by atoms with van der Waals surface area (Å²) in [6.45, 7) is 1.89. The van der Waals surface area contributed by atoms with E-state index in [4.69, 9.17) is 5.73 Å². The Morgan fingerprint density at radius 3 is 2.75 bits per heavy atom. The predicted molar refractivity (Wildman–Crippen MR) is 77.0 cm³/mol. The fourth-order valence-corrected chi connectivity index (χ4v) is 2.23. The first-order valence-electron chi connectivity index (χ1n) is 5.73. The first kappa shape index (κ1) is 14.0. The van der Waals surface area contributed by atoms with Gasteiger partial charge in [0, 0.05) is 16.8 Å². The van der Waals surface area contributed by atoms with Crippen LogP contribution < -0.4 is 11.1 Å². The number of amides is 1. The molecule has 1 heterocycles. The number of aryl methyl sites for hydroxylation is 1. The van der Waals surface area contributed by atoms with Crippen LogP contribution in [0.1, 0.15) is 25.6 Å². The van der Waals surface area contributed by atoms with Crippen LogP contribution in [0.25, 0.3) is 0 Å². The summed E-state index contributed by atoms with van der Waals surface area (Å²) in [6, 6.07) is 4.40. The van der Waals surface area contributed by atoms with Crippen molar-refractivity contribution >= 4 is 34.0 Å². The Morgan fingerprint density at radius 2 is 2.15 bits per heavy atom. The van der Waals surface area contributed by atoms with Gasteiger partial charge in [-0.1, -0.05) is 0 Å². The van der Waals surface area contributed by atoms with Gasteiger partial charge >= 0.3 is 5.97 Å². The van der Waals surface area contributed by atoms with Gasteiger partial charge in [-0.05, 0) is 25.1 Å². The maximum absolute atomic E-state index is 12.1. The SMILES string of the molecule is COC(=O)c1ccc(N)c(C(=O)Nc2ncc(C)s2)c1. The molecule has 0 spiro atoms. The summed E-state index contributed by atoms with van der Waals surface area (Å²) in [5.74, 6) is -0.938. The number of nitrogens with two attached hydrogens (primary N) is 1. The smallest absolute Gasteiger partial charge is 0.337 e. The molecule has 6 nitrogen and oxygen atoms in total. The van der Waals surface area contributed by atoms with Crippen LogP contribution in [-0.2, 0) is 4.74 Å². The van der Waals surface area contributed by atoms with Gasteiger partial charge in [0.2, 0.25) is 0 Å². The number of rotatable bonds is 3. The van der Waals surface area contributed by atoms with Gasteiger partial charge in [-0.15, -0.1) is 11.3 Å².